The van der Waals surface area contributed by atoms with Gasteiger partial charge in [0, 0.05) is 18.7 Å². The Morgan fingerprint density at radius 3 is 2.61 bits per heavy atom. The topological polar surface area (TPSA) is 66.8 Å². The summed E-state index contributed by atoms with van der Waals surface area (Å²) in [5.41, 5.74) is 1.76. The number of hydrogen-bond donors (Lipinski definition) is 1. The van der Waals surface area contributed by atoms with Crippen LogP contribution in [-0.4, -0.2) is 41.6 Å². The lowest BCUT2D eigenvalue weighted by Crippen LogP contribution is -2.40. The number of carbonyl (C=O) groups is 2. The van der Waals surface area contributed by atoms with Crippen LogP contribution in [0.4, 0.5) is 0 Å². The van der Waals surface area contributed by atoms with E-state index in [0.717, 1.165) is 0 Å². The van der Waals surface area contributed by atoms with Crippen molar-refractivity contribution in [3.05, 3.63) is 41.5 Å². The number of rotatable bonds is 5. The Labute approximate surface area is 136 Å². The molecule has 0 spiro atoms. The number of carboxylic acids is 1. The lowest BCUT2D eigenvalue weighted by atomic mass is 9.96. The zero-order chi connectivity index (χ0) is 16.8. The second-order valence-electron chi connectivity index (χ2n) is 6.03. The maximum Gasteiger partial charge on any atom is 0.306 e. The van der Waals surface area contributed by atoms with Crippen LogP contribution in [0.5, 0.6) is 5.75 Å². The van der Waals surface area contributed by atoms with Gasteiger partial charge in [-0.15, -0.1) is 0 Å². The molecule has 1 saturated heterocycles. The maximum absolute atomic E-state index is 12.5. The number of benzene rings is 1. The minimum absolute atomic E-state index is 0.0681. The molecule has 23 heavy (non-hydrogen) atoms. The number of carbonyl (C=O) groups excluding carboxylic acids is 1. The van der Waals surface area contributed by atoms with Gasteiger partial charge >= 0.3 is 5.97 Å². The smallest absolute Gasteiger partial charge is 0.306 e. The van der Waals surface area contributed by atoms with E-state index in [1.54, 1.807) is 23.1 Å². The fourth-order valence-corrected chi connectivity index (χ4v) is 2.54. The van der Waals surface area contributed by atoms with Gasteiger partial charge in [-0.3, -0.25) is 9.59 Å². The molecule has 1 fully saturated rings. The van der Waals surface area contributed by atoms with Gasteiger partial charge in [0.05, 0.1) is 5.92 Å². The van der Waals surface area contributed by atoms with E-state index in [0.29, 0.717) is 43.9 Å². The first-order chi connectivity index (χ1) is 11.0. The highest BCUT2D eigenvalue weighted by atomic mass is 16.5. The third-order valence-electron chi connectivity index (χ3n) is 3.95. The molecule has 0 aliphatic carbocycles. The molecule has 0 atom stereocenters. The van der Waals surface area contributed by atoms with Gasteiger partial charge < -0.3 is 14.7 Å². The molecule has 1 heterocycles. The van der Waals surface area contributed by atoms with Crippen molar-refractivity contribution in [1.82, 2.24) is 4.90 Å². The van der Waals surface area contributed by atoms with Gasteiger partial charge in [-0.2, -0.15) is 0 Å². The number of allylic oxidation sites excluding steroid dienone is 1. The average molecular weight is 317 g/mol. The molecule has 1 N–H and O–H groups in total. The zero-order valence-electron chi connectivity index (χ0n) is 13.6. The number of amides is 1. The van der Waals surface area contributed by atoms with Crippen LogP contribution in [0, 0.1) is 5.92 Å². The van der Waals surface area contributed by atoms with Crippen molar-refractivity contribution in [2.24, 2.45) is 5.92 Å². The van der Waals surface area contributed by atoms with E-state index in [4.69, 9.17) is 9.84 Å². The van der Waals surface area contributed by atoms with Crippen molar-refractivity contribution in [1.29, 1.82) is 0 Å². The molecule has 0 radical (unpaired) electrons. The lowest BCUT2D eigenvalue weighted by molar-refractivity contribution is -0.143. The largest absolute Gasteiger partial charge is 0.490 e. The first-order valence-electron chi connectivity index (χ1n) is 7.85. The van der Waals surface area contributed by atoms with Crippen molar-refractivity contribution in [3.8, 4) is 5.75 Å². The summed E-state index contributed by atoms with van der Waals surface area (Å²) >= 11 is 0. The Bertz CT molecular complexity index is 597. The SMILES string of the molecule is CC(C)=CCOc1cccc(C(=O)N2CCC(C(=O)O)CC2)c1. The van der Waals surface area contributed by atoms with E-state index >= 15 is 0 Å². The highest BCUT2D eigenvalue weighted by Gasteiger charge is 2.27. The Morgan fingerprint density at radius 2 is 2.00 bits per heavy atom. The van der Waals surface area contributed by atoms with Gasteiger partial charge in [0.1, 0.15) is 12.4 Å². The fourth-order valence-electron chi connectivity index (χ4n) is 2.54. The van der Waals surface area contributed by atoms with Gasteiger partial charge in [0.2, 0.25) is 0 Å². The van der Waals surface area contributed by atoms with Crippen molar-refractivity contribution >= 4 is 11.9 Å². The number of carboxylic acid groups (broad SMARTS) is 1. The molecule has 5 nitrogen and oxygen atoms in total. The van der Waals surface area contributed by atoms with E-state index in [2.05, 4.69) is 0 Å². The van der Waals surface area contributed by atoms with Crippen LogP contribution in [0.3, 0.4) is 0 Å². The van der Waals surface area contributed by atoms with Crippen LogP contribution in [0.1, 0.15) is 37.0 Å². The number of hydrogen-bond acceptors (Lipinski definition) is 3. The van der Waals surface area contributed by atoms with Crippen LogP contribution in [0.25, 0.3) is 0 Å². The molecule has 1 aromatic rings. The summed E-state index contributed by atoms with van der Waals surface area (Å²) in [5.74, 6) is -0.514. The number of nitrogens with zero attached hydrogens (tertiary/aromatic N) is 1. The molecule has 0 unspecified atom stereocenters. The number of aliphatic carboxylic acids is 1. The summed E-state index contributed by atoms with van der Waals surface area (Å²) in [7, 11) is 0. The van der Waals surface area contributed by atoms with Crippen LogP contribution >= 0.6 is 0 Å². The van der Waals surface area contributed by atoms with E-state index in [1.807, 2.05) is 26.0 Å². The van der Waals surface area contributed by atoms with Crippen LogP contribution in [-0.2, 0) is 4.79 Å². The highest BCUT2D eigenvalue weighted by Crippen LogP contribution is 2.21. The van der Waals surface area contributed by atoms with Crippen molar-refractivity contribution in [3.63, 3.8) is 0 Å². The minimum Gasteiger partial charge on any atom is -0.490 e. The molecule has 5 heteroatoms. The molecule has 0 aromatic heterocycles. The molecule has 1 amide bonds. The highest BCUT2D eigenvalue weighted by molar-refractivity contribution is 5.94. The normalized spacial score (nSPS) is 15.1. The quantitative estimate of drug-likeness (QED) is 0.848. The molecule has 0 saturated carbocycles. The fraction of sp³-hybridized carbons (Fsp3) is 0.444. The number of ether oxygens (including phenoxy) is 1. The lowest BCUT2D eigenvalue weighted by Gasteiger charge is -2.30. The molecule has 0 bridgehead atoms. The Morgan fingerprint density at radius 1 is 1.30 bits per heavy atom. The Kier molecular flexibility index (Phi) is 5.79. The minimum atomic E-state index is -0.772. The van der Waals surface area contributed by atoms with Crippen molar-refractivity contribution in [2.45, 2.75) is 26.7 Å². The predicted molar refractivity (Wildman–Crippen MR) is 87.6 cm³/mol. The summed E-state index contributed by atoms with van der Waals surface area (Å²) in [4.78, 5) is 25.2. The third kappa shape index (κ3) is 4.84. The van der Waals surface area contributed by atoms with Gasteiger partial charge in [-0.1, -0.05) is 11.6 Å². The first-order valence-corrected chi connectivity index (χ1v) is 7.85. The second kappa shape index (κ2) is 7.81. The molecule has 124 valence electrons. The summed E-state index contributed by atoms with van der Waals surface area (Å²) < 4.78 is 5.62. The molecular formula is C18H23NO4. The van der Waals surface area contributed by atoms with E-state index in [-0.39, 0.29) is 11.8 Å². The van der Waals surface area contributed by atoms with Gasteiger partial charge in [0.25, 0.3) is 5.91 Å². The zero-order valence-corrected chi connectivity index (χ0v) is 13.6. The number of likely N-dealkylation sites (tertiary alicyclic amines) is 1. The summed E-state index contributed by atoms with van der Waals surface area (Å²) in [5, 5.41) is 9.01. The van der Waals surface area contributed by atoms with Crippen LogP contribution in [0.15, 0.2) is 35.9 Å². The predicted octanol–water partition coefficient (Wildman–Crippen LogP) is 2.97. The van der Waals surface area contributed by atoms with E-state index in [1.165, 1.54) is 5.57 Å². The van der Waals surface area contributed by atoms with Gasteiger partial charge in [-0.05, 0) is 51.0 Å². The summed E-state index contributed by atoms with van der Waals surface area (Å²) in [6.45, 7) is 5.45. The van der Waals surface area contributed by atoms with Crippen LogP contribution in [0.2, 0.25) is 0 Å². The van der Waals surface area contributed by atoms with Crippen LogP contribution < -0.4 is 4.74 Å². The second-order valence-corrected chi connectivity index (χ2v) is 6.03. The van der Waals surface area contributed by atoms with Gasteiger partial charge in [0.15, 0.2) is 0 Å². The number of piperidine rings is 1. The monoisotopic (exact) mass is 317 g/mol. The summed E-state index contributed by atoms with van der Waals surface area (Å²) in [6, 6.07) is 7.13. The van der Waals surface area contributed by atoms with E-state index in [9.17, 15) is 9.59 Å². The molecular weight excluding hydrogens is 294 g/mol. The van der Waals surface area contributed by atoms with Crippen molar-refractivity contribution in [2.75, 3.05) is 19.7 Å². The standard InChI is InChI=1S/C18H23NO4/c1-13(2)8-11-23-16-5-3-4-15(12-16)17(20)19-9-6-14(7-10-19)18(21)22/h3-5,8,12,14H,6-7,9-11H2,1-2H3,(H,21,22). The molecule has 1 aromatic carbocycles. The van der Waals surface area contributed by atoms with Crippen molar-refractivity contribution < 1.29 is 19.4 Å². The molecule has 1 aliphatic heterocycles. The first kappa shape index (κ1) is 17.1. The average Bonchev–Trinajstić information content (AvgIpc) is 2.54. The molecule has 1 aliphatic rings. The Hall–Kier alpha value is -2.30. The van der Waals surface area contributed by atoms with E-state index < -0.39 is 5.97 Å². The summed E-state index contributed by atoms with van der Waals surface area (Å²) in [6.07, 6.45) is 3.00. The third-order valence-corrected chi connectivity index (χ3v) is 3.95. The van der Waals surface area contributed by atoms with Gasteiger partial charge in [-0.25, -0.2) is 0 Å². The Balaban J connectivity index is 1.97. The molecule has 2 rings (SSSR count). The maximum atomic E-state index is 12.5.